The van der Waals surface area contributed by atoms with Crippen molar-refractivity contribution >= 4 is 61.4 Å². The number of rotatable bonds is 3. The molecular weight excluding hydrogens is 493 g/mol. The van der Waals surface area contributed by atoms with Gasteiger partial charge in [0.05, 0.1) is 10.6 Å². The Labute approximate surface area is 201 Å². The Morgan fingerprint density at radius 3 is 1.42 bits per heavy atom. The molecular formula is C29H15F6P. The summed E-state index contributed by atoms with van der Waals surface area (Å²) >= 11 is 0. The second-order valence-electron chi connectivity index (χ2n) is 8.69. The SMILES string of the molecule is C=P(c1c(F)cc(F)cc1F)(c1c(F)cc(F)cc1F)c1ccc2ccc3cccc4ccc1c2c34. The van der Waals surface area contributed by atoms with Crippen LogP contribution in [0.15, 0.2) is 78.9 Å². The summed E-state index contributed by atoms with van der Waals surface area (Å²) in [6.07, 6.45) is 4.07. The third kappa shape index (κ3) is 3.11. The summed E-state index contributed by atoms with van der Waals surface area (Å²) in [5.41, 5.74) is 0. The van der Waals surface area contributed by atoms with E-state index in [1.807, 2.05) is 36.4 Å². The van der Waals surface area contributed by atoms with E-state index in [1.54, 1.807) is 12.1 Å². The first kappa shape index (κ1) is 22.7. The van der Waals surface area contributed by atoms with Crippen molar-refractivity contribution in [1.29, 1.82) is 0 Å². The first-order valence-corrected chi connectivity index (χ1v) is 12.9. The molecule has 6 aromatic carbocycles. The van der Waals surface area contributed by atoms with Crippen molar-refractivity contribution in [2.45, 2.75) is 0 Å². The van der Waals surface area contributed by atoms with Crippen LogP contribution in [0.4, 0.5) is 26.3 Å². The van der Waals surface area contributed by atoms with Crippen LogP contribution in [-0.4, -0.2) is 6.30 Å². The standard InChI is InChI=1S/C29H15F6P/c1-36(28-21(32)11-18(30)12-22(28)33,29-23(34)13-19(31)14-24(29)35)25-10-8-17-6-5-15-3-2-4-16-7-9-20(25)27(17)26(15)16/h2-14H,1H2. The van der Waals surface area contributed by atoms with E-state index >= 15 is 17.6 Å². The summed E-state index contributed by atoms with van der Waals surface area (Å²) in [7, 11) is 0. The van der Waals surface area contributed by atoms with Crippen LogP contribution in [0.5, 0.6) is 0 Å². The molecule has 6 rings (SSSR count). The molecule has 0 bridgehead atoms. The van der Waals surface area contributed by atoms with E-state index in [1.165, 1.54) is 6.07 Å². The van der Waals surface area contributed by atoms with Gasteiger partial charge in [-0.1, -0.05) is 60.9 Å². The highest BCUT2D eigenvalue weighted by Gasteiger charge is 2.36. The number of halogens is 6. The van der Waals surface area contributed by atoms with Gasteiger partial charge in [0.1, 0.15) is 34.9 Å². The summed E-state index contributed by atoms with van der Waals surface area (Å²) in [5, 5.41) is 3.43. The average molecular weight is 508 g/mol. The molecule has 7 heteroatoms. The molecule has 0 saturated carbocycles. The van der Waals surface area contributed by atoms with Crippen molar-refractivity contribution in [2.75, 3.05) is 0 Å². The van der Waals surface area contributed by atoms with Gasteiger partial charge in [-0.05, 0) is 44.5 Å². The number of hydrogen-bond donors (Lipinski definition) is 0. The summed E-state index contributed by atoms with van der Waals surface area (Å²) in [5.74, 6) is -7.69. The molecule has 0 aliphatic heterocycles. The summed E-state index contributed by atoms with van der Waals surface area (Å²) in [6.45, 7) is -4.06. The third-order valence-electron chi connectivity index (χ3n) is 6.64. The van der Waals surface area contributed by atoms with Gasteiger partial charge in [-0.3, -0.25) is 0 Å². The van der Waals surface area contributed by atoms with Crippen LogP contribution in [0.3, 0.4) is 0 Å². The lowest BCUT2D eigenvalue weighted by Gasteiger charge is -2.30. The lowest BCUT2D eigenvalue weighted by Crippen LogP contribution is -2.34. The Kier molecular flexibility index (Phi) is 4.96. The summed E-state index contributed by atoms with van der Waals surface area (Å²) < 4.78 is 88.9. The van der Waals surface area contributed by atoms with Crippen molar-refractivity contribution in [3.63, 3.8) is 0 Å². The minimum atomic E-state index is -4.06. The van der Waals surface area contributed by atoms with Crippen LogP contribution in [-0.2, 0) is 0 Å². The van der Waals surface area contributed by atoms with E-state index < -0.39 is 52.4 Å². The predicted molar refractivity (Wildman–Crippen MR) is 136 cm³/mol. The van der Waals surface area contributed by atoms with Crippen LogP contribution >= 0.6 is 6.89 Å². The van der Waals surface area contributed by atoms with Gasteiger partial charge in [0.2, 0.25) is 0 Å². The second-order valence-corrected chi connectivity index (χ2v) is 11.7. The van der Waals surface area contributed by atoms with Gasteiger partial charge < -0.3 is 0 Å². The van der Waals surface area contributed by atoms with Crippen molar-refractivity contribution in [2.24, 2.45) is 0 Å². The van der Waals surface area contributed by atoms with Crippen LogP contribution in [0.25, 0.3) is 32.3 Å². The monoisotopic (exact) mass is 508 g/mol. The van der Waals surface area contributed by atoms with Crippen LogP contribution in [0.2, 0.25) is 0 Å². The smallest absolute Gasteiger partial charge is 0.137 e. The molecule has 0 saturated heterocycles. The largest absolute Gasteiger partial charge is 0.207 e. The first-order chi connectivity index (χ1) is 17.2. The summed E-state index contributed by atoms with van der Waals surface area (Å²) in [6, 6.07) is 18.1. The maximum absolute atomic E-state index is 15.3. The van der Waals surface area contributed by atoms with Crippen LogP contribution in [0.1, 0.15) is 0 Å². The molecule has 0 nitrogen and oxygen atoms in total. The average Bonchev–Trinajstić information content (AvgIpc) is 2.81. The van der Waals surface area contributed by atoms with Gasteiger partial charge in [0.15, 0.2) is 0 Å². The van der Waals surface area contributed by atoms with Crippen LogP contribution in [0, 0.1) is 34.9 Å². The van der Waals surface area contributed by atoms with Gasteiger partial charge in [-0.2, -0.15) is 0 Å². The van der Waals surface area contributed by atoms with Crippen molar-refractivity contribution in [1.82, 2.24) is 0 Å². The molecule has 0 aliphatic rings. The first-order valence-electron chi connectivity index (χ1n) is 10.9. The molecule has 0 amide bonds. The molecule has 178 valence electrons. The molecule has 0 atom stereocenters. The fourth-order valence-corrected chi connectivity index (χ4v) is 8.55. The topological polar surface area (TPSA) is 0 Å². The van der Waals surface area contributed by atoms with E-state index in [-0.39, 0.29) is 5.30 Å². The molecule has 0 radical (unpaired) electrons. The van der Waals surface area contributed by atoms with E-state index in [2.05, 4.69) is 6.30 Å². The highest BCUT2D eigenvalue weighted by atomic mass is 31.2. The molecule has 6 aromatic rings. The molecule has 0 unspecified atom stereocenters. The van der Waals surface area contributed by atoms with Gasteiger partial charge in [0.25, 0.3) is 0 Å². The zero-order valence-corrected chi connectivity index (χ0v) is 19.3. The molecule has 0 aromatic heterocycles. The third-order valence-corrected chi connectivity index (χ3v) is 10.2. The quantitative estimate of drug-likeness (QED) is 0.135. The van der Waals surface area contributed by atoms with Gasteiger partial charge in [-0.25, -0.2) is 26.3 Å². The minimum Gasteiger partial charge on any atom is -0.207 e. The lowest BCUT2D eigenvalue weighted by molar-refractivity contribution is 0.552. The van der Waals surface area contributed by atoms with Gasteiger partial charge >= 0.3 is 0 Å². The van der Waals surface area contributed by atoms with E-state index in [0.29, 0.717) is 29.7 Å². The van der Waals surface area contributed by atoms with Gasteiger partial charge in [0, 0.05) is 24.3 Å². The Hall–Kier alpha value is -3.76. The molecule has 36 heavy (non-hydrogen) atoms. The normalized spacial score (nSPS) is 12.3. The van der Waals surface area contributed by atoms with E-state index in [0.717, 1.165) is 26.9 Å². The van der Waals surface area contributed by atoms with E-state index in [9.17, 15) is 8.78 Å². The number of benzene rings is 6. The fourth-order valence-electron chi connectivity index (χ4n) is 5.20. The molecule has 0 N–H and O–H groups in total. The summed E-state index contributed by atoms with van der Waals surface area (Å²) in [4.78, 5) is 0. The number of hydrogen-bond acceptors (Lipinski definition) is 0. The Morgan fingerprint density at radius 1 is 0.500 bits per heavy atom. The lowest BCUT2D eigenvalue weighted by atomic mass is 9.94. The highest BCUT2D eigenvalue weighted by molar-refractivity contribution is 7.93. The zero-order valence-electron chi connectivity index (χ0n) is 18.4. The van der Waals surface area contributed by atoms with Crippen molar-refractivity contribution < 1.29 is 26.3 Å². The Morgan fingerprint density at radius 2 is 0.917 bits per heavy atom. The molecule has 0 fully saturated rings. The zero-order chi connectivity index (χ0) is 25.4. The highest BCUT2D eigenvalue weighted by Crippen LogP contribution is 2.48. The Balaban J connectivity index is 1.84. The predicted octanol–water partition coefficient (Wildman–Crippen LogP) is 7.14. The van der Waals surface area contributed by atoms with Gasteiger partial charge in [-0.15, -0.1) is 0 Å². The maximum atomic E-state index is 15.3. The van der Waals surface area contributed by atoms with E-state index in [4.69, 9.17) is 0 Å². The molecule has 0 aliphatic carbocycles. The van der Waals surface area contributed by atoms with Crippen LogP contribution < -0.4 is 15.9 Å². The second kappa shape index (κ2) is 7.87. The Bertz CT molecular complexity index is 1770. The molecule has 0 spiro atoms. The molecule has 0 heterocycles. The van der Waals surface area contributed by atoms with Crippen molar-refractivity contribution in [3.8, 4) is 0 Å². The maximum Gasteiger partial charge on any atom is 0.137 e. The minimum absolute atomic E-state index is 0.182. The fraction of sp³-hybridized carbons (Fsp3) is 0. The van der Waals surface area contributed by atoms with Crippen molar-refractivity contribution in [3.05, 3.63) is 114 Å².